The molecule has 1 atom stereocenters. The molecule has 0 heterocycles. The number of nitrogens with zero attached hydrogens (tertiary/aromatic N) is 1. The summed E-state index contributed by atoms with van der Waals surface area (Å²) in [5, 5.41) is 13.7. The molecule has 7 nitrogen and oxygen atoms in total. The Labute approximate surface area is 163 Å². The standard InChI is InChI=1S/C21H24N2O5/c1-12(2)17-8-6-7-13(3)19(17)22-20(24)15(5)28-21(25)16-9-10-18(23(26)27)14(4)11-16/h6-12,15H,1-5H3,(H,22,24)/t15-/m1/s1. The lowest BCUT2D eigenvalue weighted by Gasteiger charge is -2.19. The van der Waals surface area contributed by atoms with Crippen molar-refractivity contribution in [2.75, 3.05) is 5.32 Å². The first-order valence-electron chi connectivity index (χ1n) is 8.98. The van der Waals surface area contributed by atoms with Gasteiger partial charge in [-0.1, -0.05) is 32.0 Å². The number of nitro groups is 1. The molecule has 1 amide bonds. The van der Waals surface area contributed by atoms with Gasteiger partial charge in [0, 0.05) is 17.3 Å². The van der Waals surface area contributed by atoms with E-state index in [0.717, 1.165) is 16.8 Å². The van der Waals surface area contributed by atoms with Gasteiger partial charge in [-0.2, -0.15) is 0 Å². The van der Waals surface area contributed by atoms with Crippen LogP contribution >= 0.6 is 0 Å². The molecule has 28 heavy (non-hydrogen) atoms. The van der Waals surface area contributed by atoms with Crippen molar-refractivity contribution in [2.24, 2.45) is 0 Å². The van der Waals surface area contributed by atoms with E-state index in [1.54, 1.807) is 0 Å². The topological polar surface area (TPSA) is 98.5 Å². The summed E-state index contributed by atoms with van der Waals surface area (Å²) in [6.07, 6.45) is -1.03. The second-order valence-corrected chi connectivity index (χ2v) is 6.99. The van der Waals surface area contributed by atoms with Crippen molar-refractivity contribution in [1.29, 1.82) is 0 Å². The van der Waals surface area contributed by atoms with Gasteiger partial charge in [-0.25, -0.2) is 4.79 Å². The predicted octanol–water partition coefficient (Wildman–Crippen LogP) is 4.52. The Morgan fingerprint density at radius 3 is 2.32 bits per heavy atom. The van der Waals surface area contributed by atoms with Crippen molar-refractivity contribution in [2.45, 2.75) is 46.6 Å². The minimum absolute atomic E-state index is 0.0805. The van der Waals surface area contributed by atoms with Gasteiger partial charge in [-0.05, 0) is 49.9 Å². The summed E-state index contributed by atoms with van der Waals surface area (Å²) in [5.41, 5.74) is 3.06. The molecule has 1 N–H and O–H groups in total. The monoisotopic (exact) mass is 384 g/mol. The van der Waals surface area contributed by atoms with E-state index in [4.69, 9.17) is 4.74 Å². The minimum atomic E-state index is -1.03. The van der Waals surface area contributed by atoms with Gasteiger partial charge in [0.1, 0.15) is 0 Å². The van der Waals surface area contributed by atoms with Crippen molar-refractivity contribution in [3.63, 3.8) is 0 Å². The zero-order valence-corrected chi connectivity index (χ0v) is 16.6. The molecule has 0 aliphatic carbocycles. The number of hydrogen-bond acceptors (Lipinski definition) is 5. The van der Waals surface area contributed by atoms with E-state index in [1.807, 2.05) is 39.0 Å². The number of anilines is 1. The molecule has 0 aliphatic heterocycles. The summed E-state index contributed by atoms with van der Waals surface area (Å²) in [6, 6.07) is 9.72. The van der Waals surface area contributed by atoms with Gasteiger partial charge in [0.05, 0.1) is 10.5 Å². The second-order valence-electron chi connectivity index (χ2n) is 6.99. The molecule has 0 bridgehead atoms. The van der Waals surface area contributed by atoms with Crippen molar-refractivity contribution in [3.8, 4) is 0 Å². The fraction of sp³-hybridized carbons (Fsp3) is 0.333. The number of carbonyl (C=O) groups is 2. The number of para-hydroxylation sites is 1. The molecule has 0 fully saturated rings. The lowest BCUT2D eigenvalue weighted by molar-refractivity contribution is -0.385. The maximum Gasteiger partial charge on any atom is 0.338 e. The third kappa shape index (κ3) is 4.73. The number of aryl methyl sites for hydroxylation is 2. The fourth-order valence-corrected chi connectivity index (χ4v) is 2.84. The number of hydrogen-bond donors (Lipinski definition) is 1. The SMILES string of the molecule is Cc1cc(C(=O)O[C@H](C)C(=O)Nc2c(C)cccc2C(C)C)ccc1[N+](=O)[O-]. The number of amides is 1. The average molecular weight is 384 g/mol. The van der Waals surface area contributed by atoms with Crippen molar-refractivity contribution < 1.29 is 19.2 Å². The largest absolute Gasteiger partial charge is 0.449 e. The first-order chi connectivity index (χ1) is 13.1. The molecule has 0 aromatic heterocycles. The van der Waals surface area contributed by atoms with Crippen LogP contribution in [0.1, 0.15) is 53.7 Å². The Balaban J connectivity index is 2.12. The van der Waals surface area contributed by atoms with Crippen molar-refractivity contribution >= 4 is 23.3 Å². The van der Waals surface area contributed by atoms with Crippen LogP contribution in [-0.2, 0) is 9.53 Å². The van der Waals surface area contributed by atoms with Gasteiger partial charge in [-0.3, -0.25) is 14.9 Å². The first kappa shape index (κ1) is 21.1. The number of nitro benzene ring substituents is 1. The van der Waals surface area contributed by atoms with Crippen molar-refractivity contribution in [3.05, 3.63) is 68.8 Å². The Hall–Kier alpha value is -3.22. The molecule has 7 heteroatoms. The Kier molecular flexibility index (Phi) is 6.51. The van der Waals surface area contributed by atoms with Gasteiger partial charge < -0.3 is 10.1 Å². The first-order valence-corrected chi connectivity index (χ1v) is 8.98. The number of nitrogens with one attached hydrogen (secondary N) is 1. The number of esters is 1. The van der Waals surface area contributed by atoms with Crippen LogP contribution in [0.5, 0.6) is 0 Å². The summed E-state index contributed by atoms with van der Waals surface area (Å²) in [4.78, 5) is 35.2. The molecule has 148 valence electrons. The smallest absolute Gasteiger partial charge is 0.338 e. The number of ether oxygens (including phenoxy) is 1. The molecule has 0 saturated heterocycles. The fourth-order valence-electron chi connectivity index (χ4n) is 2.84. The zero-order valence-electron chi connectivity index (χ0n) is 16.6. The quantitative estimate of drug-likeness (QED) is 0.448. The van der Waals surface area contributed by atoms with Gasteiger partial charge in [0.15, 0.2) is 6.10 Å². The average Bonchev–Trinajstić information content (AvgIpc) is 2.62. The molecule has 2 aromatic carbocycles. The summed E-state index contributed by atoms with van der Waals surface area (Å²) in [7, 11) is 0. The molecule has 0 spiro atoms. The highest BCUT2D eigenvalue weighted by atomic mass is 16.6. The normalized spacial score (nSPS) is 11.8. The van der Waals surface area contributed by atoms with Crippen LogP contribution in [0.4, 0.5) is 11.4 Å². The summed E-state index contributed by atoms with van der Waals surface area (Å²) in [6.45, 7) is 8.99. The third-order valence-electron chi connectivity index (χ3n) is 4.46. The van der Waals surface area contributed by atoms with E-state index in [9.17, 15) is 19.7 Å². The Morgan fingerprint density at radius 1 is 1.07 bits per heavy atom. The molecule has 2 rings (SSSR count). The molecule has 0 unspecified atom stereocenters. The molecule has 2 aromatic rings. The van der Waals surface area contributed by atoms with Gasteiger partial charge in [0.25, 0.3) is 11.6 Å². The lowest BCUT2D eigenvalue weighted by Crippen LogP contribution is -2.30. The summed E-state index contributed by atoms with van der Waals surface area (Å²) < 4.78 is 5.25. The molecular weight excluding hydrogens is 360 g/mol. The van der Waals surface area contributed by atoms with E-state index in [2.05, 4.69) is 5.32 Å². The molecule has 0 radical (unpaired) electrons. The maximum atomic E-state index is 12.5. The number of benzene rings is 2. The van der Waals surface area contributed by atoms with Crippen LogP contribution in [0.3, 0.4) is 0 Å². The Morgan fingerprint density at radius 2 is 1.75 bits per heavy atom. The zero-order chi connectivity index (χ0) is 21.0. The van der Waals surface area contributed by atoms with Crippen LogP contribution < -0.4 is 5.32 Å². The van der Waals surface area contributed by atoms with Crippen LogP contribution in [0.15, 0.2) is 36.4 Å². The van der Waals surface area contributed by atoms with E-state index in [0.29, 0.717) is 5.56 Å². The third-order valence-corrected chi connectivity index (χ3v) is 4.46. The van der Waals surface area contributed by atoms with Gasteiger partial charge >= 0.3 is 5.97 Å². The predicted molar refractivity (Wildman–Crippen MR) is 107 cm³/mol. The highest BCUT2D eigenvalue weighted by Gasteiger charge is 2.22. The molecular formula is C21H24N2O5. The highest BCUT2D eigenvalue weighted by molar-refractivity contribution is 5.98. The van der Waals surface area contributed by atoms with Crippen LogP contribution in [0, 0.1) is 24.0 Å². The van der Waals surface area contributed by atoms with E-state index < -0.39 is 22.9 Å². The van der Waals surface area contributed by atoms with Crippen LogP contribution in [0.25, 0.3) is 0 Å². The second kappa shape index (κ2) is 8.65. The van der Waals surface area contributed by atoms with Gasteiger partial charge in [0.2, 0.25) is 0 Å². The van der Waals surface area contributed by atoms with E-state index >= 15 is 0 Å². The number of carbonyl (C=O) groups excluding carboxylic acids is 2. The molecule has 0 saturated carbocycles. The van der Waals surface area contributed by atoms with Crippen LogP contribution in [0.2, 0.25) is 0 Å². The summed E-state index contributed by atoms with van der Waals surface area (Å²) in [5.74, 6) is -0.936. The number of rotatable bonds is 6. The van der Waals surface area contributed by atoms with Gasteiger partial charge in [-0.15, -0.1) is 0 Å². The molecule has 0 aliphatic rings. The maximum absolute atomic E-state index is 12.5. The Bertz CT molecular complexity index is 921. The van der Waals surface area contributed by atoms with Crippen molar-refractivity contribution in [1.82, 2.24) is 0 Å². The van der Waals surface area contributed by atoms with Crippen LogP contribution in [-0.4, -0.2) is 22.9 Å². The van der Waals surface area contributed by atoms with E-state index in [-0.39, 0.29) is 17.2 Å². The lowest BCUT2D eigenvalue weighted by atomic mass is 9.98. The van der Waals surface area contributed by atoms with E-state index in [1.165, 1.54) is 32.0 Å². The summed E-state index contributed by atoms with van der Waals surface area (Å²) >= 11 is 0. The minimum Gasteiger partial charge on any atom is -0.449 e. The highest BCUT2D eigenvalue weighted by Crippen LogP contribution is 2.27.